The average Bonchev–Trinajstić information content (AvgIpc) is 3.35. The molecule has 1 aliphatic carbocycles. The molecule has 1 aliphatic heterocycles. The van der Waals surface area contributed by atoms with Gasteiger partial charge in [-0.3, -0.25) is 9.69 Å². The Hall–Kier alpha value is -3.14. The highest BCUT2D eigenvalue weighted by Gasteiger charge is 2.58. The van der Waals surface area contributed by atoms with E-state index in [1.807, 2.05) is 25.3 Å². The summed E-state index contributed by atoms with van der Waals surface area (Å²) in [5, 5.41) is 3.35. The summed E-state index contributed by atoms with van der Waals surface area (Å²) < 4.78 is 71.0. The number of rotatable bonds is 7. The van der Waals surface area contributed by atoms with E-state index in [2.05, 4.69) is 15.2 Å². The molecule has 3 aromatic rings. The first-order valence-corrected chi connectivity index (χ1v) is 13.1. The third-order valence-corrected chi connectivity index (χ3v) is 8.21. The molecule has 2 aliphatic rings. The highest BCUT2D eigenvalue weighted by molar-refractivity contribution is 5.94. The van der Waals surface area contributed by atoms with Crippen LogP contribution in [0.2, 0.25) is 0 Å². The molecule has 10 heteroatoms. The molecule has 1 spiro atoms. The number of carbonyl (C=O) groups excluding carboxylic acids is 1. The van der Waals surface area contributed by atoms with Crippen LogP contribution in [-0.2, 0) is 6.54 Å². The number of ether oxygens (including phenoxy) is 1. The maximum atomic E-state index is 14.0. The van der Waals surface area contributed by atoms with Gasteiger partial charge in [0.25, 0.3) is 5.91 Å². The number of amides is 1. The number of hydrogen-bond donors (Lipinski definition) is 2. The van der Waals surface area contributed by atoms with Gasteiger partial charge in [-0.15, -0.1) is 0 Å². The van der Waals surface area contributed by atoms with E-state index >= 15 is 0 Å². The molecular weight excluding hydrogens is 517 g/mol. The number of H-pyrrole nitrogens is 1. The van der Waals surface area contributed by atoms with Gasteiger partial charge in [-0.05, 0) is 67.1 Å². The fraction of sp³-hybridized carbons (Fsp3) is 0.483. The summed E-state index contributed by atoms with van der Waals surface area (Å²) in [5.74, 6) is -2.46. The minimum atomic E-state index is -4.35. The standard InChI is InChI=1S/C29H32F5N3O2/c1-18-13-24(39-2)22(21-7-10-35-25(18)21)15-37-12-9-27(16-28(30,31)17-27)14-23(37)19-3-5-20(6-4-19)26(38)36-11-8-29(32,33)34/h3-7,10,13,23,35H,8-9,11-12,14-17H2,1-2H3,(H,36,38)/t23-/m0/s1. The van der Waals surface area contributed by atoms with Crippen LogP contribution in [0.5, 0.6) is 5.75 Å². The minimum Gasteiger partial charge on any atom is -0.496 e. The van der Waals surface area contributed by atoms with Crippen LogP contribution in [0.4, 0.5) is 22.0 Å². The fourth-order valence-corrected chi connectivity index (χ4v) is 6.32. The van der Waals surface area contributed by atoms with Gasteiger partial charge in [-0.2, -0.15) is 13.2 Å². The summed E-state index contributed by atoms with van der Waals surface area (Å²) in [5.41, 5.74) is 3.80. The molecule has 5 rings (SSSR count). The van der Waals surface area contributed by atoms with Crippen LogP contribution < -0.4 is 10.1 Å². The zero-order valence-corrected chi connectivity index (χ0v) is 21.9. The third kappa shape index (κ3) is 5.76. The maximum absolute atomic E-state index is 14.0. The van der Waals surface area contributed by atoms with Gasteiger partial charge >= 0.3 is 6.18 Å². The van der Waals surface area contributed by atoms with Gasteiger partial charge < -0.3 is 15.0 Å². The van der Waals surface area contributed by atoms with E-state index in [0.717, 1.165) is 33.3 Å². The number of aromatic nitrogens is 1. The first-order valence-electron chi connectivity index (χ1n) is 13.1. The molecule has 0 bridgehead atoms. The normalized spacial score (nSPS) is 20.6. The number of hydrogen-bond acceptors (Lipinski definition) is 3. The molecule has 1 saturated carbocycles. The molecule has 0 radical (unpaired) electrons. The molecule has 2 aromatic carbocycles. The van der Waals surface area contributed by atoms with Crippen molar-refractivity contribution < 1.29 is 31.5 Å². The summed E-state index contributed by atoms with van der Waals surface area (Å²) in [7, 11) is 1.63. The molecule has 1 amide bonds. The molecule has 1 aromatic heterocycles. The first-order chi connectivity index (χ1) is 18.4. The highest BCUT2D eigenvalue weighted by Crippen LogP contribution is 2.60. The van der Waals surface area contributed by atoms with Crippen LogP contribution in [0.25, 0.3) is 10.9 Å². The number of nitrogens with zero attached hydrogens (tertiary/aromatic N) is 1. The second kappa shape index (κ2) is 10.1. The first kappa shape index (κ1) is 27.4. The quantitative estimate of drug-likeness (QED) is 0.315. The van der Waals surface area contributed by atoms with Gasteiger partial charge in [0.05, 0.1) is 13.5 Å². The van der Waals surface area contributed by atoms with Crippen molar-refractivity contribution in [3.8, 4) is 5.75 Å². The highest BCUT2D eigenvalue weighted by atomic mass is 19.4. The van der Waals surface area contributed by atoms with E-state index in [0.29, 0.717) is 25.9 Å². The molecular formula is C29H32F5N3O2. The van der Waals surface area contributed by atoms with Gasteiger partial charge in [0, 0.05) is 60.2 Å². The van der Waals surface area contributed by atoms with Crippen molar-refractivity contribution in [2.75, 3.05) is 20.2 Å². The molecule has 2 heterocycles. The number of aryl methyl sites for hydroxylation is 1. The van der Waals surface area contributed by atoms with E-state index in [1.165, 1.54) is 0 Å². The van der Waals surface area contributed by atoms with Crippen molar-refractivity contribution in [2.24, 2.45) is 5.41 Å². The van der Waals surface area contributed by atoms with Crippen LogP contribution in [0, 0.1) is 12.3 Å². The summed E-state index contributed by atoms with van der Waals surface area (Å²) >= 11 is 0. The Morgan fingerprint density at radius 3 is 2.54 bits per heavy atom. The van der Waals surface area contributed by atoms with Gasteiger partial charge in [-0.1, -0.05) is 12.1 Å². The van der Waals surface area contributed by atoms with Crippen molar-refractivity contribution in [3.05, 3.63) is 64.8 Å². The summed E-state index contributed by atoms with van der Waals surface area (Å²) in [6.45, 7) is 2.69. The zero-order valence-electron chi connectivity index (χ0n) is 21.9. The predicted octanol–water partition coefficient (Wildman–Crippen LogP) is 6.92. The van der Waals surface area contributed by atoms with Gasteiger partial charge in [0.1, 0.15) is 5.75 Å². The third-order valence-electron chi connectivity index (χ3n) is 8.21. The van der Waals surface area contributed by atoms with Crippen molar-refractivity contribution in [2.45, 2.75) is 63.7 Å². The molecule has 39 heavy (non-hydrogen) atoms. The lowest BCUT2D eigenvalue weighted by molar-refractivity contribution is -0.186. The van der Waals surface area contributed by atoms with E-state index in [4.69, 9.17) is 4.74 Å². The second-order valence-electron chi connectivity index (χ2n) is 11.0. The maximum Gasteiger partial charge on any atom is 0.390 e. The Kier molecular flexibility index (Phi) is 7.11. The number of fused-ring (bicyclic) bond motifs is 1. The number of likely N-dealkylation sites (tertiary alicyclic amines) is 1. The van der Waals surface area contributed by atoms with E-state index in [-0.39, 0.29) is 24.4 Å². The van der Waals surface area contributed by atoms with Crippen molar-refractivity contribution in [1.82, 2.24) is 15.2 Å². The van der Waals surface area contributed by atoms with E-state index in [9.17, 15) is 26.7 Å². The second-order valence-corrected chi connectivity index (χ2v) is 11.0. The van der Waals surface area contributed by atoms with Crippen LogP contribution >= 0.6 is 0 Å². The van der Waals surface area contributed by atoms with E-state index < -0.39 is 36.4 Å². The monoisotopic (exact) mass is 549 g/mol. The Labute approximate surface area is 223 Å². The Bertz CT molecular complexity index is 1340. The molecule has 2 N–H and O–H groups in total. The lowest BCUT2D eigenvalue weighted by Gasteiger charge is -2.54. The largest absolute Gasteiger partial charge is 0.496 e. The van der Waals surface area contributed by atoms with Gasteiger partial charge in [-0.25, -0.2) is 8.78 Å². The Morgan fingerprint density at radius 1 is 1.18 bits per heavy atom. The number of benzene rings is 2. The topological polar surface area (TPSA) is 57.4 Å². The summed E-state index contributed by atoms with van der Waals surface area (Å²) in [6, 6.07) is 10.6. The number of nitrogens with one attached hydrogen (secondary N) is 2. The zero-order chi connectivity index (χ0) is 28.0. The molecule has 0 unspecified atom stereocenters. The number of methoxy groups -OCH3 is 1. The minimum absolute atomic E-state index is 0.125. The molecule has 210 valence electrons. The summed E-state index contributed by atoms with van der Waals surface area (Å²) in [4.78, 5) is 17.9. The predicted molar refractivity (Wildman–Crippen MR) is 138 cm³/mol. The number of aromatic amines is 1. The molecule has 5 nitrogen and oxygen atoms in total. The van der Waals surface area contributed by atoms with Gasteiger partial charge in [0.2, 0.25) is 5.92 Å². The van der Waals surface area contributed by atoms with Crippen LogP contribution in [0.15, 0.2) is 42.6 Å². The van der Waals surface area contributed by atoms with Gasteiger partial charge in [0.15, 0.2) is 0 Å². The lowest BCUT2D eigenvalue weighted by Crippen LogP contribution is -2.53. The smallest absolute Gasteiger partial charge is 0.390 e. The lowest BCUT2D eigenvalue weighted by atomic mass is 9.59. The molecule has 1 atom stereocenters. The summed E-state index contributed by atoms with van der Waals surface area (Å²) in [6.07, 6.45) is -2.58. The van der Waals surface area contributed by atoms with Crippen molar-refractivity contribution in [3.63, 3.8) is 0 Å². The van der Waals surface area contributed by atoms with E-state index in [1.54, 1.807) is 31.4 Å². The van der Waals surface area contributed by atoms with Crippen molar-refractivity contribution >= 4 is 16.8 Å². The number of halogens is 5. The Morgan fingerprint density at radius 2 is 1.90 bits per heavy atom. The van der Waals surface area contributed by atoms with Crippen LogP contribution in [0.3, 0.4) is 0 Å². The van der Waals surface area contributed by atoms with Crippen molar-refractivity contribution in [1.29, 1.82) is 0 Å². The number of piperidine rings is 1. The SMILES string of the molecule is COc1cc(C)c2[nH]ccc2c1CN1CCC2(C[C@H]1c1ccc(C(=O)NCCC(F)(F)F)cc1)CC(F)(F)C2. The number of carbonyl (C=O) groups is 1. The van der Waals surface area contributed by atoms with Crippen LogP contribution in [-0.4, -0.2) is 48.1 Å². The molecule has 1 saturated heterocycles. The fourth-order valence-electron chi connectivity index (χ4n) is 6.32. The Balaban J connectivity index is 1.40. The average molecular weight is 550 g/mol. The number of alkyl halides is 5. The molecule has 2 fully saturated rings. The van der Waals surface area contributed by atoms with Crippen LogP contribution in [0.1, 0.15) is 65.2 Å².